The Balaban J connectivity index is 1.30. The molecule has 14 unspecified atom stereocenters. The lowest BCUT2D eigenvalue weighted by Gasteiger charge is -2.50. The van der Waals surface area contributed by atoms with Crippen LogP contribution in [0.2, 0.25) is 0 Å². The predicted molar refractivity (Wildman–Crippen MR) is 130 cm³/mol. The minimum absolute atomic E-state index is 0.0485. The fraction of sp³-hybridized carbons (Fsp3) is 0.862. The number of Topliss-reactive ketones (excluding diaryl/α,β-unsaturated/α-hetero) is 2. The van der Waals surface area contributed by atoms with Crippen LogP contribution in [-0.2, 0) is 42.9 Å². The molecule has 0 radical (unpaired) electrons. The maximum Gasteiger partial charge on any atom is 0.311 e. The molecule has 3 spiro atoms. The van der Waals surface area contributed by atoms with E-state index in [2.05, 4.69) is 0 Å². The summed E-state index contributed by atoms with van der Waals surface area (Å²) in [5.74, 6) is -6.86. The lowest BCUT2D eigenvalue weighted by atomic mass is 9.61. The lowest BCUT2D eigenvalue weighted by molar-refractivity contribution is -0.336. The molecule has 0 aromatic carbocycles. The number of fused-ring (bicyclic) bond motifs is 2. The Morgan fingerprint density at radius 3 is 2.48 bits per heavy atom. The summed E-state index contributed by atoms with van der Waals surface area (Å²) in [5.41, 5.74) is -6.19. The first-order chi connectivity index (χ1) is 18.7. The summed E-state index contributed by atoms with van der Waals surface area (Å²) in [6, 6.07) is 0. The summed E-state index contributed by atoms with van der Waals surface area (Å²) >= 11 is 0. The van der Waals surface area contributed by atoms with E-state index in [4.69, 9.17) is 23.7 Å². The number of ketones is 2. The van der Waals surface area contributed by atoms with Crippen molar-refractivity contribution in [3.8, 4) is 0 Å². The van der Waals surface area contributed by atoms with Gasteiger partial charge < -0.3 is 33.9 Å². The van der Waals surface area contributed by atoms with Crippen molar-refractivity contribution in [1.29, 1.82) is 0 Å². The topological polar surface area (TPSA) is 155 Å². The Labute approximate surface area is 231 Å². The second-order valence-electron chi connectivity index (χ2n) is 14.4. The summed E-state index contributed by atoms with van der Waals surface area (Å²) < 4.78 is 31.8. The highest BCUT2D eigenvalue weighted by atomic mass is 16.7. The van der Waals surface area contributed by atoms with E-state index in [9.17, 15) is 29.4 Å². The normalized spacial score (nSPS) is 61.1. The van der Waals surface area contributed by atoms with Crippen LogP contribution in [0.5, 0.6) is 0 Å². The summed E-state index contributed by atoms with van der Waals surface area (Å²) in [5, 5.41) is 22.0. The average molecular weight is 561 g/mol. The van der Waals surface area contributed by atoms with Crippen LogP contribution < -0.4 is 0 Å². The minimum Gasteiger partial charge on any atom is -0.459 e. The van der Waals surface area contributed by atoms with Crippen LogP contribution in [0, 0.1) is 35.0 Å². The molecule has 8 aliphatic rings. The van der Waals surface area contributed by atoms with Crippen molar-refractivity contribution >= 4 is 23.5 Å². The fourth-order valence-corrected chi connectivity index (χ4v) is 10.8. The van der Waals surface area contributed by atoms with Gasteiger partial charge in [0.25, 0.3) is 0 Å². The van der Waals surface area contributed by atoms with Crippen molar-refractivity contribution in [3.63, 3.8) is 0 Å². The third-order valence-corrected chi connectivity index (χ3v) is 12.5. The molecule has 2 N–H and O–H groups in total. The highest BCUT2D eigenvalue weighted by molar-refractivity contribution is 6.00. The Bertz CT molecular complexity index is 1280. The molecule has 218 valence electrons. The Morgan fingerprint density at radius 2 is 1.75 bits per heavy atom. The number of carbonyl (C=O) groups is 4. The maximum atomic E-state index is 14.8. The number of hydrogen-bond acceptors (Lipinski definition) is 11. The smallest absolute Gasteiger partial charge is 0.311 e. The second-order valence-corrected chi connectivity index (χ2v) is 14.4. The van der Waals surface area contributed by atoms with Crippen molar-refractivity contribution in [1.82, 2.24) is 0 Å². The maximum absolute atomic E-state index is 14.8. The summed E-state index contributed by atoms with van der Waals surface area (Å²) in [7, 11) is 0. The van der Waals surface area contributed by atoms with Crippen LogP contribution in [0.1, 0.15) is 66.2 Å². The van der Waals surface area contributed by atoms with E-state index in [0.717, 1.165) is 0 Å². The molecule has 11 nitrogen and oxygen atoms in total. The first-order valence-corrected chi connectivity index (χ1v) is 14.6. The molecule has 40 heavy (non-hydrogen) atoms. The van der Waals surface area contributed by atoms with Crippen LogP contribution in [0.3, 0.4) is 0 Å². The van der Waals surface area contributed by atoms with Gasteiger partial charge in [0.1, 0.15) is 29.5 Å². The van der Waals surface area contributed by atoms with E-state index in [1.165, 1.54) is 6.92 Å². The predicted octanol–water partition coefficient (Wildman–Crippen LogP) is 0.599. The van der Waals surface area contributed by atoms with Crippen LogP contribution in [0.15, 0.2) is 0 Å². The van der Waals surface area contributed by atoms with Crippen molar-refractivity contribution in [3.05, 3.63) is 0 Å². The van der Waals surface area contributed by atoms with Crippen molar-refractivity contribution in [2.75, 3.05) is 6.61 Å². The number of aliphatic hydroxyl groups excluding tert-OH is 1. The van der Waals surface area contributed by atoms with E-state index < -0.39 is 87.3 Å². The quantitative estimate of drug-likeness (QED) is 0.433. The van der Waals surface area contributed by atoms with E-state index in [1.807, 2.05) is 6.92 Å². The van der Waals surface area contributed by atoms with E-state index in [0.29, 0.717) is 25.7 Å². The largest absolute Gasteiger partial charge is 0.459 e. The third-order valence-electron chi connectivity index (χ3n) is 12.5. The number of rotatable bonds is 1. The summed E-state index contributed by atoms with van der Waals surface area (Å²) in [6.45, 7) is 6.45. The number of ether oxygens (including phenoxy) is 5. The zero-order valence-corrected chi connectivity index (χ0v) is 23.1. The van der Waals surface area contributed by atoms with Gasteiger partial charge in [0.05, 0.1) is 36.1 Å². The summed E-state index contributed by atoms with van der Waals surface area (Å²) in [4.78, 5) is 54.2. The van der Waals surface area contributed by atoms with Gasteiger partial charge >= 0.3 is 11.9 Å². The zero-order chi connectivity index (χ0) is 28.4. The molecule has 14 atom stereocenters. The van der Waals surface area contributed by atoms with Crippen LogP contribution in [0.25, 0.3) is 0 Å². The van der Waals surface area contributed by atoms with Crippen LogP contribution in [-0.4, -0.2) is 86.8 Å². The zero-order valence-electron chi connectivity index (χ0n) is 23.1. The van der Waals surface area contributed by atoms with Gasteiger partial charge in [-0.15, -0.1) is 0 Å². The van der Waals surface area contributed by atoms with E-state index in [-0.39, 0.29) is 37.1 Å². The lowest BCUT2D eigenvalue weighted by Crippen LogP contribution is -2.65. The van der Waals surface area contributed by atoms with Crippen LogP contribution >= 0.6 is 0 Å². The Hall–Kier alpha value is -1.92. The van der Waals surface area contributed by atoms with Gasteiger partial charge in [0, 0.05) is 29.6 Å². The second kappa shape index (κ2) is 7.16. The SMILES string of the molecule is CC1C(=O)OC2C1OC13OC4(CCC5(C)C(=O)C(C)(O)C2C51)CC12OC(=O)CC1OC(C)(CO)C2CCC4C3=O. The fourth-order valence-electron chi connectivity index (χ4n) is 10.8. The number of carbonyl (C=O) groups excluding carboxylic acids is 4. The van der Waals surface area contributed by atoms with Crippen molar-refractivity contribution < 1.29 is 53.1 Å². The molecule has 11 heteroatoms. The number of esters is 2. The molecule has 2 bridgehead atoms. The van der Waals surface area contributed by atoms with Gasteiger partial charge in [-0.1, -0.05) is 6.92 Å². The standard InChI is InChI=1S/C29H36O11/c1-12-18-19(36-22(12)33)17-20-24(2,23(34)26(17,4)35)7-8-27-10-28-14(6-5-13(27)21(32)29(20,39-18)40-27)25(3,11-30)37-15(28)9-16(31)38-28/h12-15,17-20,30,35H,5-11H2,1-4H3. The third kappa shape index (κ3) is 2.55. The molecule has 2 aliphatic carbocycles. The minimum atomic E-state index is -1.86. The molecule has 6 heterocycles. The molecule has 0 aromatic heterocycles. The average Bonchev–Trinajstić information content (AvgIpc) is 3.47. The van der Waals surface area contributed by atoms with Gasteiger partial charge in [-0.25, -0.2) is 0 Å². The highest BCUT2D eigenvalue weighted by Crippen LogP contribution is 2.71. The first kappa shape index (κ1) is 25.8. The molecule has 6 aliphatic heterocycles. The van der Waals surface area contributed by atoms with Gasteiger partial charge in [-0.3, -0.25) is 19.2 Å². The summed E-state index contributed by atoms with van der Waals surface area (Å²) in [6.07, 6.45) is -0.634. The molecule has 2 saturated carbocycles. The van der Waals surface area contributed by atoms with Gasteiger partial charge in [-0.05, 0) is 46.5 Å². The Kier molecular flexibility index (Phi) is 4.61. The molecule has 6 saturated heterocycles. The number of hydrogen-bond donors (Lipinski definition) is 2. The number of aliphatic hydroxyl groups is 2. The van der Waals surface area contributed by atoms with E-state index >= 15 is 0 Å². The van der Waals surface area contributed by atoms with Crippen LogP contribution in [0.4, 0.5) is 0 Å². The van der Waals surface area contributed by atoms with E-state index in [1.54, 1.807) is 13.8 Å². The highest BCUT2D eigenvalue weighted by Gasteiger charge is 2.85. The Morgan fingerprint density at radius 1 is 1.00 bits per heavy atom. The van der Waals surface area contributed by atoms with Gasteiger partial charge in [0.2, 0.25) is 5.79 Å². The molecular weight excluding hydrogens is 524 g/mol. The van der Waals surface area contributed by atoms with Gasteiger partial charge in [-0.2, -0.15) is 0 Å². The molecule has 0 amide bonds. The van der Waals surface area contributed by atoms with Crippen molar-refractivity contribution in [2.24, 2.45) is 35.0 Å². The molecule has 8 rings (SSSR count). The monoisotopic (exact) mass is 560 g/mol. The first-order valence-electron chi connectivity index (χ1n) is 14.6. The molecule has 8 fully saturated rings. The molecule has 0 aromatic rings. The molecular formula is C29H36O11. The van der Waals surface area contributed by atoms with Crippen molar-refractivity contribution in [2.45, 2.75) is 113 Å². The van der Waals surface area contributed by atoms with Gasteiger partial charge in [0.15, 0.2) is 11.6 Å².